The van der Waals surface area contributed by atoms with E-state index in [1.54, 1.807) is 18.2 Å². The van der Waals surface area contributed by atoms with Crippen LogP contribution in [-0.2, 0) is 6.42 Å². The molecule has 1 unspecified atom stereocenters. The Bertz CT molecular complexity index is 619. The van der Waals surface area contributed by atoms with Gasteiger partial charge in [0.2, 0.25) is 0 Å². The second kappa shape index (κ2) is 6.20. The molecule has 2 N–H and O–H groups in total. The third-order valence-electron chi connectivity index (χ3n) is 3.05. The van der Waals surface area contributed by atoms with E-state index in [0.29, 0.717) is 23.3 Å². The Labute approximate surface area is 121 Å². The number of halogens is 3. The molecule has 0 radical (unpaired) electrons. The SMILES string of the molecule is COc1ccc(C(N)Cc2ccc(Cl)c(F)c2)c(F)c1. The smallest absolute Gasteiger partial charge is 0.142 e. The largest absolute Gasteiger partial charge is 0.497 e. The first-order valence-corrected chi connectivity index (χ1v) is 6.42. The number of hydrogen-bond donors (Lipinski definition) is 1. The molecule has 0 aliphatic carbocycles. The van der Waals surface area contributed by atoms with Gasteiger partial charge in [0.25, 0.3) is 0 Å². The fraction of sp³-hybridized carbons (Fsp3) is 0.200. The minimum Gasteiger partial charge on any atom is -0.497 e. The van der Waals surface area contributed by atoms with Gasteiger partial charge < -0.3 is 10.5 Å². The fourth-order valence-electron chi connectivity index (χ4n) is 1.97. The summed E-state index contributed by atoms with van der Waals surface area (Å²) in [6, 6.07) is 8.37. The second-order valence-corrected chi connectivity index (χ2v) is 4.85. The Balaban J connectivity index is 2.19. The van der Waals surface area contributed by atoms with Crippen LogP contribution in [0.15, 0.2) is 36.4 Å². The van der Waals surface area contributed by atoms with E-state index >= 15 is 0 Å². The molecule has 0 spiro atoms. The van der Waals surface area contributed by atoms with Gasteiger partial charge in [0.15, 0.2) is 0 Å². The third kappa shape index (κ3) is 3.26. The second-order valence-electron chi connectivity index (χ2n) is 4.45. The zero-order valence-corrected chi connectivity index (χ0v) is 11.6. The minimum absolute atomic E-state index is 0.0537. The maximum atomic E-state index is 13.9. The van der Waals surface area contributed by atoms with Crippen molar-refractivity contribution < 1.29 is 13.5 Å². The fourth-order valence-corrected chi connectivity index (χ4v) is 2.08. The summed E-state index contributed by atoms with van der Waals surface area (Å²) in [6.45, 7) is 0. The van der Waals surface area contributed by atoms with E-state index in [2.05, 4.69) is 0 Å². The van der Waals surface area contributed by atoms with Crippen LogP contribution in [0.25, 0.3) is 0 Å². The van der Waals surface area contributed by atoms with Crippen LogP contribution in [0.3, 0.4) is 0 Å². The Morgan fingerprint density at radius 3 is 2.50 bits per heavy atom. The van der Waals surface area contributed by atoms with Gasteiger partial charge in [-0.2, -0.15) is 0 Å². The predicted octanol–water partition coefficient (Wildman–Crippen LogP) is 3.87. The van der Waals surface area contributed by atoms with Crippen molar-refractivity contribution >= 4 is 11.6 Å². The number of methoxy groups -OCH3 is 1. The van der Waals surface area contributed by atoms with Crippen molar-refractivity contribution in [3.8, 4) is 5.75 Å². The quantitative estimate of drug-likeness (QED) is 0.930. The third-order valence-corrected chi connectivity index (χ3v) is 3.35. The van der Waals surface area contributed by atoms with E-state index in [1.165, 1.54) is 25.3 Å². The molecular formula is C15H14ClF2NO. The summed E-state index contributed by atoms with van der Waals surface area (Å²) in [5.41, 5.74) is 7.00. The van der Waals surface area contributed by atoms with E-state index < -0.39 is 17.7 Å². The molecule has 5 heteroatoms. The summed E-state index contributed by atoms with van der Waals surface area (Å²) >= 11 is 5.61. The molecule has 0 bridgehead atoms. The molecule has 0 aliphatic rings. The molecule has 2 rings (SSSR count). The van der Waals surface area contributed by atoms with Gasteiger partial charge in [-0.25, -0.2) is 8.78 Å². The van der Waals surface area contributed by atoms with Crippen LogP contribution >= 0.6 is 11.6 Å². The van der Waals surface area contributed by atoms with Crippen molar-refractivity contribution in [2.75, 3.05) is 7.11 Å². The first-order valence-electron chi connectivity index (χ1n) is 6.04. The molecule has 20 heavy (non-hydrogen) atoms. The van der Waals surface area contributed by atoms with Gasteiger partial charge >= 0.3 is 0 Å². The molecule has 0 aliphatic heterocycles. The van der Waals surface area contributed by atoms with E-state index in [9.17, 15) is 8.78 Å². The van der Waals surface area contributed by atoms with Gasteiger partial charge in [-0.05, 0) is 30.2 Å². The monoisotopic (exact) mass is 297 g/mol. The normalized spacial score (nSPS) is 12.2. The molecular weight excluding hydrogens is 284 g/mol. The van der Waals surface area contributed by atoms with Crippen LogP contribution in [0.5, 0.6) is 5.75 Å². The first kappa shape index (κ1) is 14.8. The molecule has 2 nitrogen and oxygen atoms in total. The summed E-state index contributed by atoms with van der Waals surface area (Å²) in [6.07, 6.45) is 0.317. The molecule has 0 saturated carbocycles. The molecule has 0 heterocycles. The van der Waals surface area contributed by atoms with E-state index in [0.717, 1.165) is 0 Å². The molecule has 2 aromatic carbocycles. The van der Waals surface area contributed by atoms with Crippen molar-refractivity contribution in [2.24, 2.45) is 5.73 Å². The lowest BCUT2D eigenvalue weighted by Crippen LogP contribution is -2.15. The number of hydrogen-bond acceptors (Lipinski definition) is 2. The summed E-state index contributed by atoms with van der Waals surface area (Å²) in [4.78, 5) is 0. The van der Waals surface area contributed by atoms with Crippen LogP contribution in [0, 0.1) is 11.6 Å². The Morgan fingerprint density at radius 2 is 1.90 bits per heavy atom. The zero-order chi connectivity index (χ0) is 14.7. The van der Waals surface area contributed by atoms with Crippen LogP contribution in [0.1, 0.15) is 17.2 Å². The highest BCUT2D eigenvalue weighted by Gasteiger charge is 2.14. The van der Waals surface area contributed by atoms with Gasteiger partial charge in [0.1, 0.15) is 17.4 Å². The van der Waals surface area contributed by atoms with Gasteiger partial charge in [-0.3, -0.25) is 0 Å². The molecule has 0 saturated heterocycles. The maximum absolute atomic E-state index is 13.9. The summed E-state index contributed by atoms with van der Waals surface area (Å²) in [5, 5.41) is 0.0537. The van der Waals surface area contributed by atoms with Gasteiger partial charge in [-0.15, -0.1) is 0 Å². The number of benzene rings is 2. The standard InChI is InChI=1S/C15H14ClF2NO/c1-20-10-3-4-11(13(17)8-10)15(19)7-9-2-5-12(16)14(18)6-9/h2-6,8,15H,7,19H2,1H3. The maximum Gasteiger partial charge on any atom is 0.142 e. The van der Waals surface area contributed by atoms with Crippen LogP contribution in [-0.4, -0.2) is 7.11 Å². The number of rotatable bonds is 4. The lowest BCUT2D eigenvalue weighted by molar-refractivity contribution is 0.410. The van der Waals surface area contributed by atoms with Crippen LogP contribution < -0.4 is 10.5 Å². The lowest BCUT2D eigenvalue weighted by atomic mass is 9.99. The molecule has 0 amide bonds. The van der Waals surface area contributed by atoms with Crippen molar-refractivity contribution in [3.05, 3.63) is 64.2 Å². The van der Waals surface area contributed by atoms with Crippen molar-refractivity contribution in [3.63, 3.8) is 0 Å². The topological polar surface area (TPSA) is 35.2 Å². The highest BCUT2D eigenvalue weighted by Crippen LogP contribution is 2.24. The average molecular weight is 298 g/mol. The molecule has 2 aromatic rings. The predicted molar refractivity (Wildman–Crippen MR) is 75.0 cm³/mol. The Hall–Kier alpha value is -1.65. The first-order chi connectivity index (χ1) is 9.51. The van der Waals surface area contributed by atoms with Crippen molar-refractivity contribution in [1.82, 2.24) is 0 Å². The lowest BCUT2D eigenvalue weighted by Gasteiger charge is -2.14. The highest BCUT2D eigenvalue weighted by molar-refractivity contribution is 6.30. The van der Waals surface area contributed by atoms with E-state index in [1.807, 2.05) is 0 Å². The zero-order valence-electron chi connectivity index (χ0n) is 10.9. The number of nitrogens with two attached hydrogens (primary N) is 1. The van der Waals surface area contributed by atoms with E-state index in [4.69, 9.17) is 22.1 Å². The summed E-state index contributed by atoms with van der Waals surface area (Å²) in [7, 11) is 1.46. The summed E-state index contributed by atoms with van der Waals surface area (Å²) in [5.74, 6) is -0.520. The van der Waals surface area contributed by atoms with Gasteiger partial charge in [-0.1, -0.05) is 23.7 Å². The molecule has 0 fully saturated rings. The summed E-state index contributed by atoms with van der Waals surface area (Å²) < 4.78 is 32.2. The molecule has 1 atom stereocenters. The average Bonchev–Trinajstić information content (AvgIpc) is 2.42. The van der Waals surface area contributed by atoms with Crippen LogP contribution in [0.4, 0.5) is 8.78 Å². The van der Waals surface area contributed by atoms with Crippen molar-refractivity contribution in [1.29, 1.82) is 0 Å². The van der Waals surface area contributed by atoms with Gasteiger partial charge in [0.05, 0.1) is 12.1 Å². The Morgan fingerprint density at radius 1 is 1.15 bits per heavy atom. The van der Waals surface area contributed by atoms with Gasteiger partial charge in [0, 0.05) is 17.7 Å². The highest BCUT2D eigenvalue weighted by atomic mass is 35.5. The van der Waals surface area contributed by atoms with Crippen LogP contribution in [0.2, 0.25) is 5.02 Å². The van der Waals surface area contributed by atoms with Crippen molar-refractivity contribution in [2.45, 2.75) is 12.5 Å². The molecule has 106 valence electrons. The van der Waals surface area contributed by atoms with E-state index in [-0.39, 0.29) is 5.02 Å². The number of ether oxygens (including phenoxy) is 1. The minimum atomic E-state index is -0.568. The Kier molecular flexibility index (Phi) is 4.57. The molecule has 0 aromatic heterocycles.